The van der Waals surface area contributed by atoms with Crippen molar-refractivity contribution in [2.45, 2.75) is 13.0 Å². The van der Waals surface area contributed by atoms with E-state index in [0.29, 0.717) is 37.0 Å². The molecule has 7 nitrogen and oxygen atoms in total. The summed E-state index contributed by atoms with van der Waals surface area (Å²) in [6, 6.07) is 10.8. The highest BCUT2D eigenvalue weighted by atomic mass is 16.6. The molecule has 1 N–H and O–H groups in total. The first kappa shape index (κ1) is 16.9. The van der Waals surface area contributed by atoms with Gasteiger partial charge in [0.2, 0.25) is 5.88 Å². The first-order chi connectivity index (χ1) is 12.2. The van der Waals surface area contributed by atoms with Crippen LogP contribution >= 0.6 is 0 Å². The highest BCUT2D eigenvalue weighted by Gasteiger charge is 2.25. The van der Waals surface area contributed by atoms with Crippen LogP contribution in [0.5, 0.6) is 17.4 Å². The van der Waals surface area contributed by atoms with Gasteiger partial charge in [-0.25, -0.2) is 9.78 Å². The van der Waals surface area contributed by atoms with Crippen molar-refractivity contribution >= 4 is 11.7 Å². The third-order valence-corrected chi connectivity index (χ3v) is 3.87. The number of para-hydroxylation sites is 2. The number of rotatable bonds is 5. The van der Waals surface area contributed by atoms with Crippen molar-refractivity contribution in [3.05, 3.63) is 42.6 Å². The van der Waals surface area contributed by atoms with Gasteiger partial charge >= 0.3 is 6.03 Å². The number of hydrogen-bond donors (Lipinski definition) is 1. The maximum atomic E-state index is 12.6. The third-order valence-electron chi connectivity index (χ3n) is 3.87. The SMILES string of the molecule is CCN(CC1COc2ccccc2O1)C(=O)Nc1cccnc1OC. The Kier molecular flexibility index (Phi) is 5.23. The van der Waals surface area contributed by atoms with Crippen molar-refractivity contribution in [2.24, 2.45) is 0 Å². The zero-order valence-electron chi connectivity index (χ0n) is 14.3. The number of fused-ring (bicyclic) bond motifs is 1. The van der Waals surface area contributed by atoms with Gasteiger partial charge in [-0.1, -0.05) is 12.1 Å². The van der Waals surface area contributed by atoms with E-state index in [1.54, 1.807) is 23.2 Å². The third kappa shape index (κ3) is 3.93. The van der Waals surface area contributed by atoms with Gasteiger partial charge in [0.15, 0.2) is 17.6 Å². The van der Waals surface area contributed by atoms with E-state index in [1.807, 2.05) is 31.2 Å². The quantitative estimate of drug-likeness (QED) is 0.904. The molecule has 2 amide bonds. The molecular weight excluding hydrogens is 322 g/mol. The van der Waals surface area contributed by atoms with Gasteiger partial charge in [-0.05, 0) is 31.2 Å². The molecule has 0 fully saturated rings. The molecule has 3 rings (SSSR count). The summed E-state index contributed by atoms with van der Waals surface area (Å²) in [5.74, 6) is 1.80. The molecule has 0 saturated heterocycles. The lowest BCUT2D eigenvalue weighted by Crippen LogP contribution is -2.45. The highest BCUT2D eigenvalue weighted by molar-refractivity contribution is 5.90. The van der Waals surface area contributed by atoms with Crippen molar-refractivity contribution < 1.29 is 19.0 Å². The zero-order valence-corrected chi connectivity index (χ0v) is 14.3. The predicted molar refractivity (Wildman–Crippen MR) is 93.4 cm³/mol. The molecule has 1 unspecified atom stereocenters. The standard InChI is InChI=1S/C18H21N3O4/c1-3-21(18(22)20-14-7-6-10-19-17(14)23-2)11-13-12-24-15-8-4-5-9-16(15)25-13/h4-10,13H,3,11-12H2,1-2H3,(H,20,22). The van der Waals surface area contributed by atoms with Crippen molar-refractivity contribution in [1.82, 2.24) is 9.88 Å². The first-order valence-corrected chi connectivity index (χ1v) is 8.14. The molecule has 2 aromatic rings. The Hall–Kier alpha value is -2.96. The molecule has 1 aliphatic rings. The summed E-state index contributed by atoms with van der Waals surface area (Å²) < 4.78 is 16.8. The Labute approximate surface area is 146 Å². The lowest BCUT2D eigenvalue weighted by atomic mass is 10.2. The highest BCUT2D eigenvalue weighted by Crippen LogP contribution is 2.31. The Morgan fingerprint density at radius 3 is 2.88 bits per heavy atom. The summed E-state index contributed by atoms with van der Waals surface area (Å²) in [5.41, 5.74) is 0.527. The van der Waals surface area contributed by atoms with Crippen LogP contribution in [-0.2, 0) is 0 Å². The zero-order chi connectivity index (χ0) is 17.6. The second kappa shape index (κ2) is 7.74. The number of anilines is 1. The molecule has 2 heterocycles. The molecule has 1 aromatic heterocycles. The normalized spacial score (nSPS) is 15.4. The van der Waals surface area contributed by atoms with E-state index in [9.17, 15) is 4.79 Å². The number of nitrogens with one attached hydrogen (secondary N) is 1. The number of likely N-dealkylation sites (N-methyl/N-ethyl adjacent to an activating group) is 1. The number of urea groups is 1. The molecule has 0 saturated carbocycles. The van der Waals surface area contributed by atoms with Crippen molar-refractivity contribution in [1.29, 1.82) is 0 Å². The molecule has 25 heavy (non-hydrogen) atoms. The second-order valence-corrected chi connectivity index (χ2v) is 5.53. The monoisotopic (exact) mass is 343 g/mol. The number of aromatic nitrogens is 1. The Morgan fingerprint density at radius 1 is 1.32 bits per heavy atom. The number of benzene rings is 1. The first-order valence-electron chi connectivity index (χ1n) is 8.14. The number of methoxy groups -OCH3 is 1. The fourth-order valence-corrected chi connectivity index (χ4v) is 2.60. The van der Waals surface area contributed by atoms with Crippen LogP contribution in [0.3, 0.4) is 0 Å². The topological polar surface area (TPSA) is 72.9 Å². The van der Waals surface area contributed by atoms with Gasteiger partial charge in [-0.2, -0.15) is 0 Å². The Bertz CT molecular complexity index is 738. The molecule has 0 aliphatic carbocycles. The fraction of sp³-hybridized carbons (Fsp3) is 0.333. The van der Waals surface area contributed by atoms with Crippen LogP contribution in [0.4, 0.5) is 10.5 Å². The van der Waals surface area contributed by atoms with Crippen LogP contribution < -0.4 is 19.5 Å². The van der Waals surface area contributed by atoms with Gasteiger partial charge in [0, 0.05) is 12.7 Å². The lowest BCUT2D eigenvalue weighted by molar-refractivity contribution is 0.0693. The molecule has 0 bridgehead atoms. The summed E-state index contributed by atoms with van der Waals surface area (Å²) in [6.45, 7) is 3.27. The average Bonchev–Trinajstić information content (AvgIpc) is 2.66. The van der Waals surface area contributed by atoms with Gasteiger partial charge in [0.25, 0.3) is 0 Å². The minimum Gasteiger partial charge on any atom is -0.486 e. The van der Waals surface area contributed by atoms with Crippen LogP contribution in [0.1, 0.15) is 6.92 Å². The maximum absolute atomic E-state index is 12.6. The van der Waals surface area contributed by atoms with E-state index in [4.69, 9.17) is 14.2 Å². The van der Waals surface area contributed by atoms with Crippen molar-refractivity contribution in [3.63, 3.8) is 0 Å². The predicted octanol–water partition coefficient (Wildman–Crippen LogP) is 2.78. The molecule has 132 valence electrons. The smallest absolute Gasteiger partial charge is 0.322 e. The fourth-order valence-electron chi connectivity index (χ4n) is 2.60. The van der Waals surface area contributed by atoms with Gasteiger partial charge in [-0.15, -0.1) is 0 Å². The van der Waals surface area contributed by atoms with Gasteiger partial charge in [0.05, 0.1) is 13.7 Å². The summed E-state index contributed by atoms with van der Waals surface area (Å²) >= 11 is 0. The van der Waals surface area contributed by atoms with E-state index < -0.39 is 0 Å². The number of carbonyl (C=O) groups is 1. The van der Waals surface area contributed by atoms with Crippen LogP contribution in [0.15, 0.2) is 42.6 Å². The Morgan fingerprint density at radius 2 is 2.12 bits per heavy atom. The van der Waals surface area contributed by atoms with Gasteiger partial charge in [0.1, 0.15) is 12.3 Å². The van der Waals surface area contributed by atoms with Crippen molar-refractivity contribution in [3.8, 4) is 17.4 Å². The molecule has 7 heteroatoms. The van der Waals surface area contributed by atoms with E-state index in [1.165, 1.54) is 7.11 Å². The molecule has 0 spiro atoms. The number of nitrogens with zero attached hydrogens (tertiary/aromatic N) is 2. The number of pyridine rings is 1. The summed E-state index contributed by atoms with van der Waals surface area (Å²) in [4.78, 5) is 18.3. The number of hydrogen-bond acceptors (Lipinski definition) is 5. The number of ether oxygens (including phenoxy) is 3. The summed E-state index contributed by atoms with van der Waals surface area (Å²) in [6.07, 6.45) is 1.38. The van der Waals surface area contributed by atoms with Crippen molar-refractivity contribution in [2.75, 3.05) is 32.1 Å². The largest absolute Gasteiger partial charge is 0.486 e. The van der Waals surface area contributed by atoms with E-state index in [0.717, 1.165) is 5.75 Å². The second-order valence-electron chi connectivity index (χ2n) is 5.53. The van der Waals surface area contributed by atoms with E-state index in [-0.39, 0.29) is 12.1 Å². The van der Waals surface area contributed by atoms with Gasteiger partial charge < -0.3 is 24.4 Å². The maximum Gasteiger partial charge on any atom is 0.322 e. The van der Waals surface area contributed by atoms with Crippen LogP contribution in [0.25, 0.3) is 0 Å². The van der Waals surface area contributed by atoms with Crippen LogP contribution in [-0.4, -0.2) is 48.8 Å². The Balaban J connectivity index is 1.63. The molecule has 1 atom stereocenters. The van der Waals surface area contributed by atoms with Crippen LogP contribution in [0, 0.1) is 0 Å². The summed E-state index contributed by atoms with van der Waals surface area (Å²) in [7, 11) is 1.51. The van der Waals surface area contributed by atoms with Crippen LogP contribution in [0.2, 0.25) is 0 Å². The van der Waals surface area contributed by atoms with E-state index in [2.05, 4.69) is 10.3 Å². The average molecular weight is 343 g/mol. The number of carbonyl (C=O) groups excluding carboxylic acids is 1. The minimum atomic E-state index is -0.240. The molecular formula is C18H21N3O4. The molecule has 1 aliphatic heterocycles. The van der Waals surface area contributed by atoms with Gasteiger partial charge in [-0.3, -0.25) is 0 Å². The minimum absolute atomic E-state index is 0.226. The molecule has 1 aromatic carbocycles. The molecule has 0 radical (unpaired) electrons. The lowest BCUT2D eigenvalue weighted by Gasteiger charge is -2.31. The summed E-state index contributed by atoms with van der Waals surface area (Å²) in [5, 5.41) is 2.82. The number of amides is 2. The van der Waals surface area contributed by atoms with E-state index >= 15 is 0 Å².